The molecule has 8 N–H and O–H groups in total. The van der Waals surface area contributed by atoms with E-state index in [1.807, 2.05) is 63.2 Å². The number of carbonyl (C=O) groups excluding carboxylic acids is 2. The predicted molar refractivity (Wildman–Crippen MR) is 329 cm³/mol. The Hall–Kier alpha value is -6.30. The highest BCUT2D eigenvalue weighted by Gasteiger charge is 2.36. The van der Waals surface area contributed by atoms with Crippen molar-refractivity contribution in [2.24, 2.45) is 0 Å². The number of aromatic nitrogens is 2. The third-order valence-corrected chi connectivity index (χ3v) is 16.7. The van der Waals surface area contributed by atoms with Crippen LogP contribution in [-0.2, 0) is 54.0 Å². The van der Waals surface area contributed by atoms with Crippen molar-refractivity contribution >= 4 is 23.5 Å². The average molecular weight is 1220 g/mol. The van der Waals surface area contributed by atoms with E-state index in [0.29, 0.717) is 88.8 Å². The lowest BCUT2D eigenvalue weighted by Crippen LogP contribution is -2.45. The molecule has 13 unspecified atom stereocenters. The number of amides is 2. The first kappa shape index (κ1) is 66.1. The zero-order valence-electron chi connectivity index (χ0n) is 51.3. The molecule has 5 aromatic rings. The number of aryl methyl sites for hydroxylation is 2. The van der Waals surface area contributed by atoms with Crippen LogP contribution in [-0.4, -0.2) is 121 Å². The lowest BCUT2D eigenvalue weighted by molar-refractivity contribution is -0.252. The highest BCUT2D eigenvalue weighted by atomic mass is 16.7. The van der Waals surface area contributed by atoms with Gasteiger partial charge in [-0.2, -0.15) is 0 Å². The van der Waals surface area contributed by atoms with Gasteiger partial charge in [0.2, 0.25) is 17.8 Å². The molecule has 20 nitrogen and oxygen atoms in total. The number of hydrogen-bond donors (Lipinski definition) is 8. The third-order valence-electron chi connectivity index (χ3n) is 16.7. The Labute approximate surface area is 517 Å². The van der Waals surface area contributed by atoms with Gasteiger partial charge in [-0.3, -0.25) is 9.59 Å². The van der Waals surface area contributed by atoms with Gasteiger partial charge in [0.05, 0.1) is 67.6 Å². The van der Waals surface area contributed by atoms with E-state index < -0.39 is 37.4 Å². The zero-order chi connectivity index (χ0) is 61.9. The second kappa shape index (κ2) is 33.0. The second-order valence-electron chi connectivity index (χ2n) is 24.3. The van der Waals surface area contributed by atoms with Gasteiger partial charge >= 0.3 is 0 Å². The van der Waals surface area contributed by atoms with Gasteiger partial charge in [0.25, 0.3) is 0 Å². The Kier molecular flexibility index (Phi) is 24.8. The van der Waals surface area contributed by atoms with E-state index in [1.54, 1.807) is 60.7 Å². The summed E-state index contributed by atoms with van der Waals surface area (Å²) in [6, 6.07) is 29.9. The number of carbonyl (C=O) groups is 2. The lowest BCUT2D eigenvalue weighted by Gasteiger charge is -2.38. The Morgan fingerprint density at radius 3 is 1.50 bits per heavy atom. The number of anilines is 2. The number of ether oxygens (including phenoxy) is 8. The summed E-state index contributed by atoms with van der Waals surface area (Å²) in [4.78, 5) is 35.1. The Morgan fingerprint density at radius 2 is 0.966 bits per heavy atom. The lowest BCUT2D eigenvalue weighted by atomic mass is 9.95. The molecule has 0 spiro atoms. The summed E-state index contributed by atoms with van der Waals surface area (Å²) in [5.41, 5.74) is 5.82. The smallest absolute Gasteiger partial charge is 0.224 e. The number of rotatable bonds is 29. The number of phenols is 3. The van der Waals surface area contributed by atoms with Gasteiger partial charge in [-0.25, -0.2) is 9.97 Å². The molecule has 4 saturated heterocycles. The Bertz CT molecular complexity index is 2900. The largest absolute Gasteiger partial charge is 0.508 e. The van der Waals surface area contributed by atoms with Crippen LogP contribution in [0.2, 0.25) is 0 Å². The molecule has 0 aliphatic carbocycles. The van der Waals surface area contributed by atoms with Gasteiger partial charge in [-0.05, 0) is 164 Å². The van der Waals surface area contributed by atoms with Crippen molar-refractivity contribution in [3.63, 3.8) is 0 Å². The molecule has 9 rings (SSSR count). The average Bonchev–Trinajstić information content (AvgIpc) is 3.66. The van der Waals surface area contributed by atoms with Crippen molar-refractivity contribution in [2.45, 2.75) is 236 Å². The van der Waals surface area contributed by atoms with Crippen molar-refractivity contribution in [2.75, 3.05) is 17.2 Å². The van der Waals surface area contributed by atoms with Crippen molar-refractivity contribution in [3.8, 4) is 17.2 Å². The molecule has 1 aromatic heterocycles. The Balaban J connectivity index is 0.750. The molecule has 0 radical (unpaired) electrons. The maximum atomic E-state index is 13.2. The Morgan fingerprint density at radius 1 is 0.534 bits per heavy atom. The van der Waals surface area contributed by atoms with E-state index in [2.05, 4.69) is 32.8 Å². The molecule has 14 atom stereocenters. The first-order valence-corrected chi connectivity index (χ1v) is 31.7. The summed E-state index contributed by atoms with van der Waals surface area (Å²) in [6.07, 6.45) is 5.38. The molecular formula is C68H91N5O15. The molecule has 4 aliphatic rings. The van der Waals surface area contributed by atoms with E-state index in [4.69, 9.17) is 37.9 Å². The minimum atomic E-state index is -0.778. The normalized spacial score (nSPS) is 26.4. The number of aromatic hydroxyl groups is 3. The zero-order valence-corrected chi connectivity index (χ0v) is 51.3. The van der Waals surface area contributed by atoms with Crippen molar-refractivity contribution in [1.82, 2.24) is 15.3 Å². The van der Waals surface area contributed by atoms with Crippen molar-refractivity contribution < 1.29 is 73.0 Å². The minimum Gasteiger partial charge on any atom is -0.508 e. The quantitative estimate of drug-likeness (QED) is 0.0221. The first-order chi connectivity index (χ1) is 42.5. The topological polar surface area (TPSA) is 271 Å². The molecular weight excluding hydrogens is 1130 g/mol. The standard InChI is InChI=1S/C68H91N5O15/c1-5-55-37-57(85-66(84-55)47-19-27-51(75)28-20-47)14-8-13-56-39-61(83-64(82-56)41-69-62(79)31-32-63(80)73-49-23-15-45(16-24-49)40-70-68-71-42(2)33-43(3)72-68)36-54(78)10-7-12-59-38-58(86-67(87-59)48-21-29-52(76)30-22-48)11-6-9-53(77)35-60-34-44(4)81-65(88-60)46-17-25-50(74)26-18-46/h15-30,33,44,53-61,64-67,74-78H,5-14,31-32,34-41H2,1-4H3,(H,69,79)(H,73,80)(H,70,71,72)/t44-,53?,54?,55?,56?,57?,58?,59?,60?,61?,64?,65?,66?,67?/m0/s1. The van der Waals surface area contributed by atoms with Gasteiger partial charge < -0.3 is 79.4 Å². The van der Waals surface area contributed by atoms with Crippen molar-refractivity contribution in [3.05, 3.63) is 137 Å². The van der Waals surface area contributed by atoms with Gasteiger partial charge in [-0.15, -0.1) is 0 Å². The summed E-state index contributed by atoms with van der Waals surface area (Å²) in [7, 11) is 0. The molecule has 0 saturated carbocycles. The highest BCUT2D eigenvalue weighted by Crippen LogP contribution is 2.38. The number of phenolic OH excluding ortho intramolecular Hbond substituents is 3. The van der Waals surface area contributed by atoms with E-state index in [9.17, 15) is 35.1 Å². The summed E-state index contributed by atoms with van der Waals surface area (Å²) >= 11 is 0. The SMILES string of the molecule is CCC1CC(CCCC2CC(CC(O)CCCC3CC(CCCC(O)CC4C[C@H](C)OC(c5ccc(O)cc5)O4)OC(c4ccc(O)cc4)O3)OC(CNC(=O)CCC(=O)Nc3ccc(CNc4nc(C)cc(C)n4)cc3)O2)OC(c2ccc(O)cc2)O1. The van der Waals surface area contributed by atoms with Gasteiger partial charge in [0.1, 0.15) is 17.2 Å². The monoisotopic (exact) mass is 1220 g/mol. The molecule has 4 aromatic carbocycles. The number of nitrogens with zero attached hydrogens (tertiary/aromatic N) is 2. The highest BCUT2D eigenvalue weighted by molar-refractivity contribution is 5.93. The van der Waals surface area contributed by atoms with Crippen LogP contribution >= 0.6 is 0 Å². The molecule has 2 amide bonds. The number of aliphatic hydroxyl groups is 2. The first-order valence-electron chi connectivity index (χ1n) is 31.7. The molecule has 0 bridgehead atoms. The van der Waals surface area contributed by atoms with Crippen LogP contribution in [0.5, 0.6) is 17.2 Å². The fraction of sp³-hybridized carbons (Fsp3) is 0.559. The van der Waals surface area contributed by atoms with Gasteiger partial charge in [0, 0.05) is 72.4 Å². The van der Waals surface area contributed by atoms with E-state index in [1.165, 1.54) is 0 Å². The number of hydrogen-bond acceptors (Lipinski definition) is 18. The van der Waals surface area contributed by atoms with Crippen LogP contribution in [0.25, 0.3) is 0 Å². The molecule has 5 heterocycles. The van der Waals surface area contributed by atoms with E-state index >= 15 is 0 Å². The van der Waals surface area contributed by atoms with Crippen LogP contribution in [0.15, 0.2) is 103 Å². The maximum Gasteiger partial charge on any atom is 0.224 e. The van der Waals surface area contributed by atoms with Crippen LogP contribution in [0, 0.1) is 13.8 Å². The summed E-state index contributed by atoms with van der Waals surface area (Å²) in [5, 5.41) is 61.6. The van der Waals surface area contributed by atoms with E-state index in [0.717, 1.165) is 65.7 Å². The van der Waals surface area contributed by atoms with Crippen LogP contribution in [0.3, 0.4) is 0 Å². The number of aliphatic hydroxyl groups excluding tert-OH is 2. The number of nitrogens with one attached hydrogen (secondary N) is 3. The summed E-state index contributed by atoms with van der Waals surface area (Å²) < 4.78 is 51.1. The van der Waals surface area contributed by atoms with E-state index in [-0.39, 0.29) is 97.3 Å². The minimum absolute atomic E-state index is 0.0245. The fourth-order valence-electron chi connectivity index (χ4n) is 12.1. The van der Waals surface area contributed by atoms with Crippen LogP contribution < -0.4 is 16.0 Å². The molecule has 4 aliphatic heterocycles. The molecule has 20 heteroatoms. The number of benzene rings is 4. The molecule has 88 heavy (non-hydrogen) atoms. The van der Waals surface area contributed by atoms with Gasteiger partial charge in [-0.1, -0.05) is 55.5 Å². The van der Waals surface area contributed by atoms with Gasteiger partial charge in [0.15, 0.2) is 25.2 Å². The summed E-state index contributed by atoms with van der Waals surface area (Å²) in [5.74, 6) is 0.432. The predicted octanol–water partition coefficient (Wildman–Crippen LogP) is 11.2. The maximum absolute atomic E-state index is 13.2. The van der Waals surface area contributed by atoms with Crippen LogP contribution in [0.4, 0.5) is 11.6 Å². The van der Waals surface area contributed by atoms with Crippen LogP contribution in [0.1, 0.15) is 182 Å². The third kappa shape index (κ3) is 21.2. The molecule has 478 valence electrons. The summed E-state index contributed by atoms with van der Waals surface area (Å²) in [6.45, 7) is 8.53. The second-order valence-corrected chi connectivity index (χ2v) is 24.3. The fourth-order valence-corrected chi connectivity index (χ4v) is 12.1. The van der Waals surface area contributed by atoms with Crippen molar-refractivity contribution in [1.29, 1.82) is 0 Å². The molecule has 4 fully saturated rings.